The van der Waals surface area contributed by atoms with Crippen molar-refractivity contribution in [1.82, 2.24) is 0 Å². The maximum absolute atomic E-state index is 12.4. The Morgan fingerprint density at radius 1 is 1.04 bits per heavy atom. The summed E-state index contributed by atoms with van der Waals surface area (Å²) in [7, 11) is 0. The number of anilines is 1. The number of hydrogen-bond acceptors (Lipinski definition) is 2. The monoisotopic (exact) mass is 363 g/mol. The largest absolute Gasteiger partial charge is 0.324 e. The van der Waals surface area contributed by atoms with Crippen LogP contribution >= 0.6 is 11.3 Å². The molecule has 0 saturated carbocycles. The molecular formula is C22H23N2OS+. The van der Waals surface area contributed by atoms with Crippen LogP contribution in [0, 0.1) is 0 Å². The van der Waals surface area contributed by atoms with Gasteiger partial charge in [-0.05, 0) is 35.7 Å². The van der Waals surface area contributed by atoms with E-state index in [2.05, 4.69) is 35.0 Å². The SMILES string of the molecule is O=C(Nc1ccccc1)c1ccc(C[NH+]2CCC[C@H]2c2cccs2)cc1. The van der Waals surface area contributed by atoms with Gasteiger partial charge in [-0.15, -0.1) is 11.3 Å². The van der Waals surface area contributed by atoms with Crippen molar-refractivity contribution in [3.05, 3.63) is 88.1 Å². The molecule has 132 valence electrons. The molecule has 1 aliphatic heterocycles. The molecule has 26 heavy (non-hydrogen) atoms. The first-order valence-electron chi connectivity index (χ1n) is 9.13. The van der Waals surface area contributed by atoms with Gasteiger partial charge in [-0.25, -0.2) is 0 Å². The van der Waals surface area contributed by atoms with Crippen molar-refractivity contribution in [2.45, 2.75) is 25.4 Å². The number of quaternary nitrogens is 1. The molecule has 1 aromatic heterocycles. The van der Waals surface area contributed by atoms with Gasteiger partial charge in [0.2, 0.25) is 0 Å². The number of carbonyl (C=O) groups is 1. The number of thiophene rings is 1. The van der Waals surface area contributed by atoms with E-state index in [1.165, 1.54) is 29.8 Å². The molecule has 1 unspecified atom stereocenters. The second-order valence-electron chi connectivity index (χ2n) is 6.81. The van der Waals surface area contributed by atoms with Gasteiger partial charge in [-0.3, -0.25) is 4.79 Å². The molecule has 0 aliphatic carbocycles. The van der Waals surface area contributed by atoms with Crippen LogP contribution in [0.15, 0.2) is 72.1 Å². The van der Waals surface area contributed by atoms with Crippen molar-refractivity contribution in [2.75, 3.05) is 11.9 Å². The van der Waals surface area contributed by atoms with Crippen LogP contribution in [0.5, 0.6) is 0 Å². The van der Waals surface area contributed by atoms with Gasteiger partial charge in [0.15, 0.2) is 0 Å². The second-order valence-corrected chi connectivity index (χ2v) is 7.79. The van der Waals surface area contributed by atoms with Gasteiger partial charge in [0.05, 0.1) is 11.4 Å². The molecule has 1 aliphatic rings. The van der Waals surface area contributed by atoms with Gasteiger partial charge in [0.25, 0.3) is 5.91 Å². The summed E-state index contributed by atoms with van der Waals surface area (Å²) in [6.07, 6.45) is 2.56. The van der Waals surface area contributed by atoms with Crippen LogP contribution in [0.2, 0.25) is 0 Å². The number of carbonyl (C=O) groups excluding carboxylic acids is 1. The third-order valence-corrected chi connectivity index (χ3v) is 6.04. The van der Waals surface area contributed by atoms with E-state index >= 15 is 0 Å². The zero-order valence-corrected chi connectivity index (χ0v) is 15.5. The van der Waals surface area contributed by atoms with Crippen molar-refractivity contribution < 1.29 is 9.69 Å². The summed E-state index contributed by atoms with van der Waals surface area (Å²) in [6.45, 7) is 2.24. The first kappa shape index (κ1) is 17.0. The molecule has 2 heterocycles. The summed E-state index contributed by atoms with van der Waals surface area (Å²) in [6, 6.07) is 22.7. The lowest BCUT2D eigenvalue weighted by molar-refractivity contribution is -0.931. The van der Waals surface area contributed by atoms with Gasteiger partial charge >= 0.3 is 0 Å². The number of amides is 1. The van der Waals surface area contributed by atoms with Crippen LogP contribution in [-0.4, -0.2) is 12.5 Å². The van der Waals surface area contributed by atoms with Gasteiger partial charge < -0.3 is 10.2 Å². The Balaban J connectivity index is 1.40. The summed E-state index contributed by atoms with van der Waals surface area (Å²) in [5, 5.41) is 5.11. The van der Waals surface area contributed by atoms with Crippen LogP contribution in [0.4, 0.5) is 5.69 Å². The van der Waals surface area contributed by atoms with Crippen molar-refractivity contribution in [3.63, 3.8) is 0 Å². The van der Waals surface area contributed by atoms with Crippen LogP contribution in [0.1, 0.15) is 39.7 Å². The van der Waals surface area contributed by atoms with Gasteiger partial charge in [-0.2, -0.15) is 0 Å². The van der Waals surface area contributed by atoms with E-state index in [1.807, 2.05) is 53.8 Å². The molecule has 0 radical (unpaired) electrons. The number of nitrogens with one attached hydrogen (secondary N) is 2. The van der Waals surface area contributed by atoms with Crippen LogP contribution in [0.3, 0.4) is 0 Å². The van der Waals surface area contributed by atoms with Crippen molar-refractivity contribution in [3.8, 4) is 0 Å². The third kappa shape index (κ3) is 3.87. The fourth-order valence-electron chi connectivity index (χ4n) is 3.72. The van der Waals surface area contributed by atoms with Crippen LogP contribution < -0.4 is 10.2 Å². The highest BCUT2D eigenvalue weighted by Crippen LogP contribution is 2.23. The second kappa shape index (κ2) is 7.85. The van der Waals surface area contributed by atoms with Crippen molar-refractivity contribution in [2.24, 2.45) is 0 Å². The highest BCUT2D eigenvalue weighted by atomic mass is 32.1. The predicted molar refractivity (Wildman–Crippen MR) is 107 cm³/mol. The Morgan fingerprint density at radius 3 is 2.58 bits per heavy atom. The molecule has 3 aromatic rings. The summed E-state index contributed by atoms with van der Waals surface area (Å²) in [4.78, 5) is 15.5. The van der Waals surface area contributed by atoms with E-state index in [1.54, 1.807) is 4.90 Å². The molecule has 0 spiro atoms. The zero-order valence-electron chi connectivity index (χ0n) is 14.7. The van der Waals surface area contributed by atoms with E-state index in [-0.39, 0.29) is 5.91 Å². The first-order chi connectivity index (χ1) is 12.8. The molecule has 1 fully saturated rings. The Kier molecular flexibility index (Phi) is 5.14. The summed E-state index contributed by atoms with van der Waals surface area (Å²) in [5.74, 6) is -0.0623. The van der Waals surface area contributed by atoms with E-state index in [9.17, 15) is 4.79 Å². The molecule has 0 bridgehead atoms. The smallest absolute Gasteiger partial charge is 0.255 e. The third-order valence-electron chi connectivity index (χ3n) is 5.05. The standard InChI is InChI=1S/C22H22N2OS/c25-22(23-19-6-2-1-3-7-19)18-12-10-17(11-13-18)16-24-14-4-8-20(24)21-9-5-15-26-21/h1-3,5-7,9-13,15,20H,4,8,14,16H2,(H,23,25)/p+1/t20-/m0/s1. The van der Waals surface area contributed by atoms with Crippen molar-refractivity contribution in [1.29, 1.82) is 0 Å². The molecule has 2 aromatic carbocycles. The molecule has 4 rings (SSSR count). The van der Waals surface area contributed by atoms with E-state index in [0.29, 0.717) is 11.6 Å². The fraction of sp³-hybridized carbons (Fsp3) is 0.227. The number of likely N-dealkylation sites (tertiary alicyclic amines) is 1. The Hall–Kier alpha value is -2.43. The van der Waals surface area contributed by atoms with Gasteiger partial charge in [-0.1, -0.05) is 36.4 Å². The number of benzene rings is 2. The minimum absolute atomic E-state index is 0.0623. The Bertz CT molecular complexity index is 844. The number of hydrogen-bond donors (Lipinski definition) is 2. The average Bonchev–Trinajstić information content (AvgIpc) is 3.34. The lowest BCUT2D eigenvalue weighted by Gasteiger charge is -2.20. The minimum atomic E-state index is -0.0623. The van der Waals surface area contributed by atoms with Crippen LogP contribution in [0.25, 0.3) is 0 Å². The predicted octanol–water partition coefficient (Wildman–Crippen LogP) is 3.92. The van der Waals surface area contributed by atoms with E-state index in [0.717, 1.165) is 12.2 Å². The highest BCUT2D eigenvalue weighted by Gasteiger charge is 2.30. The maximum atomic E-state index is 12.4. The maximum Gasteiger partial charge on any atom is 0.255 e. The lowest BCUT2D eigenvalue weighted by Crippen LogP contribution is -3.08. The van der Waals surface area contributed by atoms with E-state index in [4.69, 9.17) is 0 Å². The van der Waals surface area contributed by atoms with Gasteiger partial charge in [0.1, 0.15) is 12.6 Å². The molecule has 4 heteroatoms. The lowest BCUT2D eigenvalue weighted by atomic mass is 10.1. The molecular weight excluding hydrogens is 340 g/mol. The molecule has 2 N–H and O–H groups in total. The molecule has 3 nitrogen and oxygen atoms in total. The first-order valence-corrected chi connectivity index (χ1v) is 10.0. The number of para-hydroxylation sites is 1. The highest BCUT2D eigenvalue weighted by molar-refractivity contribution is 7.10. The molecule has 1 amide bonds. The summed E-state index contributed by atoms with van der Waals surface area (Å²) in [5.41, 5.74) is 2.81. The quantitative estimate of drug-likeness (QED) is 0.708. The van der Waals surface area contributed by atoms with Crippen LogP contribution in [-0.2, 0) is 6.54 Å². The normalized spacial score (nSPS) is 19.4. The topological polar surface area (TPSA) is 33.5 Å². The average molecular weight is 364 g/mol. The number of rotatable bonds is 5. The minimum Gasteiger partial charge on any atom is -0.324 e. The molecule has 2 atom stereocenters. The summed E-state index contributed by atoms with van der Waals surface area (Å²) >= 11 is 1.87. The Morgan fingerprint density at radius 2 is 1.85 bits per heavy atom. The zero-order chi connectivity index (χ0) is 17.8. The van der Waals surface area contributed by atoms with Crippen molar-refractivity contribution >= 4 is 22.9 Å². The van der Waals surface area contributed by atoms with E-state index < -0.39 is 0 Å². The Labute approximate surface area is 158 Å². The van der Waals surface area contributed by atoms with Gasteiger partial charge in [0, 0.05) is 29.7 Å². The summed E-state index contributed by atoms with van der Waals surface area (Å²) < 4.78 is 0. The fourth-order valence-corrected chi connectivity index (χ4v) is 4.64. The molecule has 1 saturated heterocycles.